The lowest BCUT2D eigenvalue weighted by molar-refractivity contribution is -0.112. The Balaban J connectivity index is 1.81. The minimum Gasteiger partial charge on any atom is -0.347 e. The predicted octanol–water partition coefficient (Wildman–Crippen LogP) is 2.78. The molecule has 22 heavy (non-hydrogen) atoms. The van der Waals surface area contributed by atoms with Crippen molar-refractivity contribution in [2.75, 3.05) is 17.7 Å². The molecule has 0 saturated heterocycles. The van der Waals surface area contributed by atoms with Crippen molar-refractivity contribution in [1.29, 1.82) is 0 Å². The molecular formula is C16H18N4OS. The molecular weight excluding hydrogens is 296 g/mol. The van der Waals surface area contributed by atoms with Crippen LogP contribution in [-0.4, -0.2) is 33.8 Å². The summed E-state index contributed by atoms with van der Waals surface area (Å²) < 4.78 is 0. The van der Waals surface area contributed by atoms with E-state index in [0.717, 1.165) is 11.4 Å². The Labute approximate surface area is 133 Å². The number of thioether (sulfide) groups is 1. The molecule has 1 aliphatic heterocycles. The van der Waals surface area contributed by atoms with Gasteiger partial charge >= 0.3 is 0 Å². The van der Waals surface area contributed by atoms with Crippen molar-refractivity contribution in [2.24, 2.45) is 0 Å². The van der Waals surface area contributed by atoms with Gasteiger partial charge in [0.25, 0.3) is 0 Å². The first-order valence-electron chi connectivity index (χ1n) is 7.06. The number of hydrogen-bond acceptors (Lipinski definition) is 5. The monoisotopic (exact) mass is 314 g/mol. The fourth-order valence-electron chi connectivity index (χ4n) is 2.86. The van der Waals surface area contributed by atoms with E-state index in [9.17, 15) is 4.79 Å². The third-order valence-corrected chi connectivity index (χ3v) is 4.88. The average Bonchev–Trinajstić information content (AvgIpc) is 3.08. The molecule has 2 aromatic rings. The van der Waals surface area contributed by atoms with Crippen LogP contribution in [0.25, 0.3) is 0 Å². The summed E-state index contributed by atoms with van der Waals surface area (Å²) in [7, 11) is 2.01. The summed E-state index contributed by atoms with van der Waals surface area (Å²) in [5.74, 6) is 0.419. The maximum absolute atomic E-state index is 12.3. The number of H-pyrrole nitrogens is 1. The van der Waals surface area contributed by atoms with Crippen LogP contribution < -0.4 is 4.90 Å². The van der Waals surface area contributed by atoms with Crippen LogP contribution in [-0.2, 0) is 10.2 Å². The Morgan fingerprint density at radius 1 is 1.41 bits per heavy atom. The summed E-state index contributed by atoms with van der Waals surface area (Å²) in [6, 6.07) is 8.28. The van der Waals surface area contributed by atoms with Crippen LogP contribution in [0.5, 0.6) is 0 Å². The molecule has 3 rings (SSSR count). The van der Waals surface area contributed by atoms with Gasteiger partial charge in [-0.05, 0) is 11.6 Å². The van der Waals surface area contributed by atoms with E-state index in [1.807, 2.05) is 19.2 Å². The SMILES string of the molecule is CN1C(=CC(=O)CSc2ncn[nH]2)C(C)(C)c2ccccc21. The van der Waals surface area contributed by atoms with Crippen molar-refractivity contribution in [3.63, 3.8) is 0 Å². The highest BCUT2D eigenvalue weighted by atomic mass is 32.2. The first kappa shape index (κ1) is 14.8. The number of anilines is 1. The summed E-state index contributed by atoms with van der Waals surface area (Å²) in [6.45, 7) is 4.30. The zero-order valence-electron chi connectivity index (χ0n) is 12.8. The Kier molecular flexibility index (Phi) is 3.78. The standard InChI is InChI=1S/C16H18N4OS/c1-16(2)12-6-4-5-7-13(12)20(3)14(16)8-11(21)9-22-15-17-10-18-19-15/h4-8,10H,9H2,1-3H3,(H,17,18,19). The lowest BCUT2D eigenvalue weighted by Crippen LogP contribution is -2.24. The third kappa shape index (κ3) is 2.54. The molecule has 0 fully saturated rings. The molecule has 0 radical (unpaired) electrons. The Morgan fingerprint density at radius 3 is 2.86 bits per heavy atom. The number of likely N-dealkylation sites (N-methyl/N-ethyl adjacent to an activating group) is 1. The van der Waals surface area contributed by atoms with Crippen LogP contribution in [0.3, 0.4) is 0 Å². The van der Waals surface area contributed by atoms with Crippen molar-refractivity contribution in [3.8, 4) is 0 Å². The van der Waals surface area contributed by atoms with E-state index in [1.165, 1.54) is 23.7 Å². The normalized spacial score (nSPS) is 17.8. The number of aromatic nitrogens is 3. The van der Waals surface area contributed by atoms with Crippen LogP contribution in [0, 0.1) is 0 Å². The van der Waals surface area contributed by atoms with Crippen molar-refractivity contribution in [1.82, 2.24) is 15.2 Å². The molecule has 0 aliphatic carbocycles. The lowest BCUT2D eigenvalue weighted by Gasteiger charge is -2.23. The molecule has 0 unspecified atom stereocenters. The second kappa shape index (κ2) is 5.61. The van der Waals surface area contributed by atoms with Gasteiger partial charge in [-0.1, -0.05) is 43.8 Å². The van der Waals surface area contributed by atoms with Gasteiger partial charge in [0.15, 0.2) is 10.9 Å². The number of carbonyl (C=O) groups is 1. The second-order valence-corrected chi connectivity index (χ2v) is 6.74. The molecule has 0 amide bonds. The van der Waals surface area contributed by atoms with Crippen LogP contribution in [0.15, 0.2) is 47.5 Å². The number of ketones is 1. The number of nitrogens with one attached hydrogen (secondary N) is 1. The summed E-state index contributed by atoms with van der Waals surface area (Å²) in [6.07, 6.45) is 3.19. The number of hydrogen-bond donors (Lipinski definition) is 1. The van der Waals surface area contributed by atoms with Gasteiger partial charge in [0, 0.05) is 29.9 Å². The molecule has 5 nitrogen and oxygen atoms in total. The van der Waals surface area contributed by atoms with Crippen molar-refractivity contribution in [3.05, 3.63) is 47.9 Å². The largest absolute Gasteiger partial charge is 0.347 e. The summed E-state index contributed by atoms with van der Waals surface area (Å²) in [5, 5.41) is 7.18. The number of nitrogens with zero attached hydrogens (tertiary/aromatic N) is 3. The van der Waals surface area contributed by atoms with E-state index in [-0.39, 0.29) is 11.2 Å². The van der Waals surface area contributed by atoms with Gasteiger partial charge in [-0.15, -0.1) is 0 Å². The Hall–Kier alpha value is -2.08. The maximum atomic E-state index is 12.3. The first-order valence-corrected chi connectivity index (χ1v) is 8.05. The highest BCUT2D eigenvalue weighted by molar-refractivity contribution is 7.99. The van der Waals surface area contributed by atoms with Crippen LogP contribution in [0.4, 0.5) is 5.69 Å². The number of para-hydroxylation sites is 1. The minimum atomic E-state index is -0.169. The van der Waals surface area contributed by atoms with E-state index in [1.54, 1.807) is 6.08 Å². The molecule has 1 aromatic carbocycles. The van der Waals surface area contributed by atoms with Gasteiger partial charge in [0.1, 0.15) is 6.33 Å². The summed E-state index contributed by atoms with van der Waals surface area (Å²) in [4.78, 5) is 18.4. The topological polar surface area (TPSA) is 61.9 Å². The third-order valence-electron chi connectivity index (χ3n) is 3.98. The summed E-state index contributed by atoms with van der Waals surface area (Å²) >= 11 is 1.36. The van der Waals surface area contributed by atoms with Crippen molar-refractivity contribution < 1.29 is 4.79 Å². The molecule has 0 saturated carbocycles. The van der Waals surface area contributed by atoms with E-state index in [0.29, 0.717) is 10.9 Å². The fourth-order valence-corrected chi connectivity index (χ4v) is 3.46. The highest BCUT2D eigenvalue weighted by Crippen LogP contribution is 2.46. The Morgan fingerprint density at radius 2 is 2.18 bits per heavy atom. The zero-order chi connectivity index (χ0) is 15.7. The maximum Gasteiger partial charge on any atom is 0.183 e. The fraction of sp³-hybridized carbons (Fsp3) is 0.312. The van der Waals surface area contributed by atoms with Gasteiger partial charge in [0.2, 0.25) is 0 Å². The Bertz CT molecular complexity index is 722. The molecule has 6 heteroatoms. The van der Waals surface area contributed by atoms with E-state index in [2.05, 4.69) is 46.1 Å². The van der Waals surface area contributed by atoms with Crippen molar-refractivity contribution in [2.45, 2.75) is 24.4 Å². The average molecular weight is 314 g/mol. The molecule has 0 bridgehead atoms. The van der Waals surface area contributed by atoms with E-state index in [4.69, 9.17) is 0 Å². The zero-order valence-corrected chi connectivity index (χ0v) is 13.6. The molecule has 1 aliphatic rings. The second-order valence-electron chi connectivity index (χ2n) is 5.78. The molecule has 0 atom stereocenters. The van der Waals surface area contributed by atoms with Gasteiger partial charge in [-0.3, -0.25) is 9.89 Å². The van der Waals surface area contributed by atoms with Crippen molar-refractivity contribution >= 4 is 23.2 Å². The van der Waals surface area contributed by atoms with Crippen LogP contribution in [0.1, 0.15) is 19.4 Å². The number of aromatic amines is 1. The molecule has 0 spiro atoms. The number of benzene rings is 1. The molecule has 2 heterocycles. The number of carbonyl (C=O) groups excluding carboxylic acids is 1. The molecule has 1 aromatic heterocycles. The van der Waals surface area contributed by atoms with Gasteiger partial charge in [-0.25, -0.2) is 4.98 Å². The number of fused-ring (bicyclic) bond motifs is 1. The molecule has 1 N–H and O–H groups in total. The van der Waals surface area contributed by atoms with Gasteiger partial charge in [0.05, 0.1) is 5.75 Å². The lowest BCUT2D eigenvalue weighted by atomic mass is 9.83. The van der Waals surface area contributed by atoms with E-state index < -0.39 is 0 Å². The minimum absolute atomic E-state index is 0.0733. The van der Waals surface area contributed by atoms with Crippen LogP contribution in [0.2, 0.25) is 0 Å². The quantitative estimate of drug-likeness (QED) is 0.694. The summed E-state index contributed by atoms with van der Waals surface area (Å²) in [5.41, 5.74) is 3.27. The predicted molar refractivity (Wildman–Crippen MR) is 88.1 cm³/mol. The first-order chi connectivity index (χ1) is 10.5. The van der Waals surface area contributed by atoms with Gasteiger partial charge < -0.3 is 4.90 Å². The molecule has 114 valence electrons. The van der Waals surface area contributed by atoms with Gasteiger partial charge in [-0.2, -0.15) is 5.10 Å². The smallest absolute Gasteiger partial charge is 0.183 e. The van der Waals surface area contributed by atoms with E-state index >= 15 is 0 Å². The van der Waals surface area contributed by atoms with Crippen LogP contribution >= 0.6 is 11.8 Å². The number of allylic oxidation sites excluding steroid dienone is 2. The number of rotatable bonds is 4. The highest BCUT2D eigenvalue weighted by Gasteiger charge is 2.38.